The van der Waals surface area contributed by atoms with E-state index in [9.17, 15) is 9.00 Å². The van der Waals surface area contributed by atoms with Crippen LogP contribution in [-0.4, -0.2) is 64.2 Å². The van der Waals surface area contributed by atoms with E-state index >= 15 is 0 Å². The molecule has 3 atom stereocenters. The van der Waals surface area contributed by atoms with Gasteiger partial charge in [0.05, 0.1) is 0 Å². The SMILES string of the molecule is CCNC(=NCC(=O)N1CCCC1)NC1CCCC(S(=O)CC)C1. The van der Waals surface area contributed by atoms with E-state index < -0.39 is 10.8 Å². The van der Waals surface area contributed by atoms with Gasteiger partial charge in [-0.25, -0.2) is 4.99 Å². The molecule has 0 aromatic heterocycles. The molecule has 6 nitrogen and oxygen atoms in total. The maximum atomic E-state index is 12.1. The normalized spacial score (nSPS) is 26.2. The van der Waals surface area contributed by atoms with Crippen LogP contribution in [0.1, 0.15) is 52.4 Å². The summed E-state index contributed by atoms with van der Waals surface area (Å²) in [5, 5.41) is 6.96. The second kappa shape index (κ2) is 10.0. The summed E-state index contributed by atoms with van der Waals surface area (Å²) >= 11 is 0. The molecule has 0 aromatic carbocycles. The van der Waals surface area contributed by atoms with Crippen LogP contribution in [0.4, 0.5) is 0 Å². The van der Waals surface area contributed by atoms with Crippen LogP contribution in [0.25, 0.3) is 0 Å². The number of carbonyl (C=O) groups is 1. The van der Waals surface area contributed by atoms with Crippen molar-refractivity contribution in [3.05, 3.63) is 0 Å². The predicted molar refractivity (Wildman–Crippen MR) is 99.7 cm³/mol. The molecule has 1 heterocycles. The lowest BCUT2D eigenvalue weighted by Gasteiger charge is -2.30. The Morgan fingerprint density at radius 2 is 1.96 bits per heavy atom. The van der Waals surface area contributed by atoms with E-state index in [1.165, 1.54) is 0 Å². The third kappa shape index (κ3) is 5.76. The average Bonchev–Trinajstić information content (AvgIpc) is 3.14. The molecule has 1 aliphatic carbocycles. The molecule has 2 rings (SSSR count). The predicted octanol–water partition coefficient (Wildman–Crippen LogP) is 1.24. The molecular weight excluding hydrogens is 324 g/mol. The standard InChI is InChI=1S/C17H32N4O2S/c1-3-18-17(19-13-16(22)21-10-5-6-11-21)20-14-8-7-9-15(12-14)24(23)4-2/h14-15H,3-13H2,1-2H3,(H2,18,19,20). The molecular formula is C17H32N4O2S. The van der Waals surface area contributed by atoms with Crippen LogP contribution in [0, 0.1) is 0 Å². The largest absolute Gasteiger partial charge is 0.357 e. The number of hydrogen-bond acceptors (Lipinski definition) is 3. The minimum absolute atomic E-state index is 0.110. The summed E-state index contributed by atoms with van der Waals surface area (Å²) in [6.07, 6.45) is 6.35. The fourth-order valence-corrected chi connectivity index (χ4v) is 4.83. The number of rotatable bonds is 6. The summed E-state index contributed by atoms with van der Waals surface area (Å²) < 4.78 is 12.1. The molecule has 0 spiro atoms. The quantitative estimate of drug-likeness (QED) is 0.555. The molecule has 0 radical (unpaired) electrons. The average molecular weight is 357 g/mol. The number of nitrogens with zero attached hydrogens (tertiary/aromatic N) is 2. The lowest BCUT2D eigenvalue weighted by atomic mass is 9.95. The van der Waals surface area contributed by atoms with Crippen molar-refractivity contribution in [2.45, 2.75) is 63.7 Å². The highest BCUT2D eigenvalue weighted by atomic mass is 32.2. The van der Waals surface area contributed by atoms with Crippen molar-refractivity contribution in [3.8, 4) is 0 Å². The van der Waals surface area contributed by atoms with Crippen LogP contribution in [0.3, 0.4) is 0 Å². The number of nitrogens with one attached hydrogen (secondary N) is 2. The molecule has 1 saturated heterocycles. The van der Waals surface area contributed by atoms with E-state index in [2.05, 4.69) is 15.6 Å². The van der Waals surface area contributed by atoms with Crippen LogP contribution in [0.15, 0.2) is 4.99 Å². The molecule has 0 bridgehead atoms. The van der Waals surface area contributed by atoms with E-state index in [4.69, 9.17) is 0 Å². The minimum atomic E-state index is -0.727. The lowest BCUT2D eigenvalue weighted by molar-refractivity contribution is -0.128. The van der Waals surface area contributed by atoms with Gasteiger partial charge < -0.3 is 15.5 Å². The Morgan fingerprint density at radius 1 is 1.21 bits per heavy atom. The third-order valence-corrected chi connectivity index (χ3v) is 6.54. The van der Waals surface area contributed by atoms with Gasteiger partial charge in [0.1, 0.15) is 6.54 Å². The highest BCUT2D eigenvalue weighted by Crippen LogP contribution is 2.23. The van der Waals surface area contributed by atoms with Crippen LogP contribution in [-0.2, 0) is 15.6 Å². The zero-order valence-electron chi connectivity index (χ0n) is 15.1. The molecule has 24 heavy (non-hydrogen) atoms. The molecule has 1 aliphatic heterocycles. The van der Waals surface area contributed by atoms with Gasteiger partial charge in [0, 0.05) is 47.5 Å². The van der Waals surface area contributed by atoms with Crippen LogP contribution in [0.5, 0.6) is 0 Å². The second-order valence-corrected chi connectivity index (χ2v) is 8.59. The Balaban J connectivity index is 1.88. The lowest BCUT2D eigenvalue weighted by Crippen LogP contribution is -2.47. The molecule has 2 aliphatic rings. The first-order chi connectivity index (χ1) is 11.6. The summed E-state index contributed by atoms with van der Waals surface area (Å²) in [5.74, 6) is 1.55. The number of guanidine groups is 1. The fourth-order valence-electron chi connectivity index (χ4n) is 3.48. The number of hydrogen-bond donors (Lipinski definition) is 2. The number of amides is 1. The van der Waals surface area contributed by atoms with Crippen molar-refractivity contribution >= 4 is 22.7 Å². The van der Waals surface area contributed by atoms with Gasteiger partial charge in [-0.2, -0.15) is 0 Å². The van der Waals surface area contributed by atoms with E-state index in [1.54, 1.807) is 0 Å². The van der Waals surface area contributed by atoms with Crippen LogP contribution in [0.2, 0.25) is 0 Å². The van der Waals surface area contributed by atoms with Gasteiger partial charge in [-0.1, -0.05) is 13.3 Å². The molecule has 7 heteroatoms. The van der Waals surface area contributed by atoms with Gasteiger partial charge in [-0.15, -0.1) is 0 Å². The summed E-state index contributed by atoms with van der Waals surface area (Å²) in [5.41, 5.74) is 0. The van der Waals surface area contributed by atoms with E-state index in [0.717, 1.165) is 63.9 Å². The molecule has 2 fully saturated rings. The first kappa shape index (κ1) is 19.2. The number of likely N-dealkylation sites (tertiary alicyclic amines) is 1. The molecule has 1 amide bonds. The highest BCUT2D eigenvalue weighted by Gasteiger charge is 2.26. The Morgan fingerprint density at radius 3 is 2.62 bits per heavy atom. The van der Waals surface area contributed by atoms with Crippen molar-refractivity contribution in [3.63, 3.8) is 0 Å². The van der Waals surface area contributed by atoms with E-state index in [1.807, 2.05) is 18.7 Å². The zero-order valence-corrected chi connectivity index (χ0v) is 15.9. The van der Waals surface area contributed by atoms with Crippen molar-refractivity contribution in [1.82, 2.24) is 15.5 Å². The summed E-state index contributed by atoms with van der Waals surface area (Å²) in [6.45, 7) is 6.71. The van der Waals surface area contributed by atoms with Crippen molar-refractivity contribution in [2.24, 2.45) is 4.99 Å². The molecule has 3 unspecified atom stereocenters. The maximum Gasteiger partial charge on any atom is 0.244 e. The summed E-state index contributed by atoms with van der Waals surface area (Å²) in [4.78, 5) is 18.5. The van der Waals surface area contributed by atoms with Crippen LogP contribution >= 0.6 is 0 Å². The van der Waals surface area contributed by atoms with Crippen LogP contribution < -0.4 is 10.6 Å². The van der Waals surface area contributed by atoms with Crippen molar-refractivity contribution in [1.29, 1.82) is 0 Å². The van der Waals surface area contributed by atoms with Gasteiger partial charge in [0.2, 0.25) is 5.91 Å². The molecule has 138 valence electrons. The zero-order chi connectivity index (χ0) is 17.4. The van der Waals surface area contributed by atoms with E-state index in [-0.39, 0.29) is 17.7 Å². The van der Waals surface area contributed by atoms with Gasteiger partial charge in [0.15, 0.2) is 5.96 Å². The Bertz CT molecular complexity index is 464. The van der Waals surface area contributed by atoms with Gasteiger partial charge in [-0.3, -0.25) is 9.00 Å². The smallest absolute Gasteiger partial charge is 0.244 e. The minimum Gasteiger partial charge on any atom is -0.357 e. The highest BCUT2D eigenvalue weighted by molar-refractivity contribution is 7.85. The third-order valence-electron chi connectivity index (χ3n) is 4.80. The second-order valence-electron chi connectivity index (χ2n) is 6.58. The Hall–Kier alpha value is -1.11. The maximum absolute atomic E-state index is 12.1. The molecule has 2 N–H and O–H groups in total. The van der Waals surface area contributed by atoms with Gasteiger partial charge in [0.25, 0.3) is 0 Å². The summed E-state index contributed by atoms with van der Waals surface area (Å²) in [6, 6.07) is 0.291. The Kier molecular flexibility index (Phi) is 8.02. The van der Waals surface area contributed by atoms with Gasteiger partial charge in [-0.05, 0) is 39.0 Å². The van der Waals surface area contributed by atoms with E-state index in [0.29, 0.717) is 12.0 Å². The van der Waals surface area contributed by atoms with Crippen molar-refractivity contribution < 1.29 is 9.00 Å². The first-order valence-corrected chi connectivity index (χ1v) is 10.7. The topological polar surface area (TPSA) is 73.8 Å². The molecule has 0 aromatic rings. The monoisotopic (exact) mass is 356 g/mol. The summed E-state index contributed by atoms with van der Waals surface area (Å²) in [7, 11) is -0.727. The Labute approximate surface area is 148 Å². The van der Waals surface area contributed by atoms with Gasteiger partial charge >= 0.3 is 0 Å². The molecule has 1 saturated carbocycles. The fraction of sp³-hybridized carbons (Fsp3) is 0.882. The number of carbonyl (C=O) groups excluding carboxylic acids is 1. The van der Waals surface area contributed by atoms with Crippen molar-refractivity contribution in [2.75, 3.05) is 31.9 Å². The first-order valence-electron chi connectivity index (χ1n) is 9.33. The number of aliphatic imine (C=N–C) groups is 1.